The molecule has 168 valence electrons. The molecule has 3 atom stereocenters. The molecule has 2 saturated carbocycles. The van der Waals surface area contributed by atoms with Crippen LogP contribution in [0.5, 0.6) is 5.75 Å². The molecule has 0 radical (unpaired) electrons. The number of ether oxygens (including phenoxy) is 2. The van der Waals surface area contributed by atoms with E-state index >= 15 is 0 Å². The van der Waals surface area contributed by atoms with Crippen molar-refractivity contribution in [2.45, 2.75) is 58.0 Å². The van der Waals surface area contributed by atoms with Gasteiger partial charge in [-0.1, -0.05) is 37.4 Å². The molecule has 4 nitrogen and oxygen atoms in total. The Balaban J connectivity index is 1.28. The van der Waals surface area contributed by atoms with Gasteiger partial charge in [0.2, 0.25) is 0 Å². The van der Waals surface area contributed by atoms with E-state index in [0.717, 1.165) is 18.3 Å². The van der Waals surface area contributed by atoms with Crippen LogP contribution in [0.25, 0.3) is 0 Å². The molecule has 0 bridgehead atoms. The van der Waals surface area contributed by atoms with Gasteiger partial charge in [-0.25, -0.2) is 9.59 Å². The summed E-state index contributed by atoms with van der Waals surface area (Å²) in [4.78, 5) is 23.4. The smallest absolute Gasteiger partial charge is 0.338 e. The number of hydrogen-bond acceptors (Lipinski definition) is 4. The van der Waals surface area contributed by atoms with Gasteiger partial charge in [-0.3, -0.25) is 0 Å². The Hall–Kier alpha value is -2.88. The number of benzene rings is 1. The molecule has 32 heavy (non-hydrogen) atoms. The van der Waals surface area contributed by atoms with E-state index in [9.17, 15) is 9.59 Å². The van der Waals surface area contributed by atoms with Crippen molar-refractivity contribution in [3.8, 4) is 5.75 Å². The van der Waals surface area contributed by atoms with Crippen LogP contribution in [-0.2, 0) is 14.3 Å². The first-order chi connectivity index (χ1) is 15.3. The highest BCUT2D eigenvalue weighted by Crippen LogP contribution is 2.54. The Morgan fingerprint density at radius 3 is 2.00 bits per heavy atom. The molecule has 0 amide bonds. The second-order valence-corrected chi connectivity index (χ2v) is 9.62. The Labute approximate surface area is 190 Å². The van der Waals surface area contributed by atoms with Crippen molar-refractivity contribution in [3.63, 3.8) is 0 Å². The lowest BCUT2D eigenvalue weighted by Gasteiger charge is -2.21. The van der Waals surface area contributed by atoms with Gasteiger partial charge in [-0.05, 0) is 92.5 Å². The van der Waals surface area contributed by atoms with E-state index in [1.807, 2.05) is 18.2 Å². The van der Waals surface area contributed by atoms with Crippen LogP contribution < -0.4 is 4.74 Å². The molecular formula is C28H32O4. The van der Waals surface area contributed by atoms with Gasteiger partial charge in [0.15, 0.2) is 0 Å². The van der Waals surface area contributed by atoms with Crippen LogP contribution in [0.15, 0.2) is 72.4 Å². The van der Waals surface area contributed by atoms with E-state index in [0.29, 0.717) is 28.7 Å². The summed E-state index contributed by atoms with van der Waals surface area (Å²) in [5.41, 5.74) is 3.58. The quantitative estimate of drug-likeness (QED) is 0.311. The molecular weight excluding hydrogens is 400 g/mol. The van der Waals surface area contributed by atoms with Crippen molar-refractivity contribution in [1.29, 1.82) is 0 Å². The lowest BCUT2D eigenvalue weighted by molar-refractivity contribution is -0.142. The number of allylic oxidation sites excluding steroid dienone is 2. The van der Waals surface area contributed by atoms with Gasteiger partial charge in [-0.15, -0.1) is 0 Å². The van der Waals surface area contributed by atoms with Gasteiger partial charge < -0.3 is 9.47 Å². The third kappa shape index (κ3) is 4.95. The largest absolute Gasteiger partial charge is 0.454 e. The third-order valence-electron chi connectivity index (χ3n) is 7.09. The second kappa shape index (κ2) is 9.32. The summed E-state index contributed by atoms with van der Waals surface area (Å²) in [5, 5.41) is 0. The molecule has 0 aromatic heterocycles. The average molecular weight is 433 g/mol. The fraction of sp³-hybridized carbons (Fsp3) is 0.429. The minimum Gasteiger partial charge on any atom is -0.454 e. The summed E-state index contributed by atoms with van der Waals surface area (Å²) in [5.74, 6) is 2.59. The van der Waals surface area contributed by atoms with Gasteiger partial charge in [0.05, 0.1) is 0 Å². The molecule has 0 N–H and O–H groups in total. The molecule has 0 aliphatic heterocycles. The van der Waals surface area contributed by atoms with Crippen LogP contribution in [0, 0.1) is 17.8 Å². The third-order valence-corrected chi connectivity index (χ3v) is 7.09. The number of hydrogen-bond donors (Lipinski definition) is 0. The van der Waals surface area contributed by atoms with Crippen LogP contribution in [0.4, 0.5) is 0 Å². The standard InChI is InChI=1S/C28H32O4/c1-17(2)27(29)31-25-9-5-19(6-10-25)21-13-23-15-22(16-24(23)14-21)20-7-11-26(12-8-20)32-28(30)18(3)4/h5-11,21-24,26H,1,3,12-16H2,2,4H3. The summed E-state index contributed by atoms with van der Waals surface area (Å²) >= 11 is 0. The van der Waals surface area contributed by atoms with Gasteiger partial charge in [0, 0.05) is 17.6 Å². The normalized spacial score (nSPS) is 28.6. The van der Waals surface area contributed by atoms with Gasteiger partial charge >= 0.3 is 11.9 Å². The topological polar surface area (TPSA) is 52.6 Å². The zero-order valence-electron chi connectivity index (χ0n) is 19.0. The SMILES string of the molecule is C=C(C)C(=O)Oc1ccc(C2CC3CC(C4=CCC(OC(=O)C(=C)C)C=C4)CC3C2)cc1. The fourth-order valence-corrected chi connectivity index (χ4v) is 5.41. The molecule has 3 unspecified atom stereocenters. The average Bonchev–Trinajstić information content (AvgIpc) is 3.34. The maximum Gasteiger partial charge on any atom is 0.338 e. The Morgan fingerprint density at radius 2 is 1.47 bits per heavy atom. The first-order valence-corrected chi connectivity index (χ1v) is 11.5. The van der Waals surface area contributed by atoms with Crippen molar-refractivity contribution in [2.75, 3.05) is 0 Å². The summed E-state index contributed by atoms with van der Waals surface area (Å²) in [6.45, 7) is 10.6. The predicted octanol–water partition coefficient (Wildman–Crippen LogP) is 6.06. The highest BCUT2D eigenvalue weighted by molar-refractivity contribution is 5.88. The fourth-order valence-electron chi connectivity index (χ4n) is 5.41. The number of carbonyl (C=O) groups is 2. The van der Waals surface area contributed by atoms with E-state index in [-0.39, 0.29) is 18.0 Å². The van der Waals surface area contributed by atoms with Crippen molar-refractivity contribution in [1.82, 2.24) is 0 Å². The molecule has 4 rings (SSSR count). The summed E-state index contributed by atoms with van der Waals surface area (Å²) < 4.78 is 10.7. The molecule has 0 spiro atoms. The van der Waals surface area contributed by atoms with Crippen LogP contribution in [0.1, 0.15) is 57.4 Å². The van der Waals surface area contributed by atoms with Crippen LogP contribution in [-0.4, -0.2) is 18.0 Å². The maximum atomic E-state index is 11.7. The molecule has 3 aliphatic rings. The molecule has 2 fully saturated rings. The summed E-state index contributed by atoms with van der Waals surface area (Å²) in [6.07, 6.45) is 11.9. The zero-order valence-corrected chi connectivity index (χ0v) is 19.0. The van der Waals surface area contributed by atoms with Crippen molar-refractivity contribution in [3.05, 3.63) is 77.9 Å². The summed E-state index contributed by atoms with van der Waals surface area (Å²) in [6, 6.07) is 7.98. The highest BCUT2D eigenvalue weighted by atomic mass is 16.5. The molecule has 1 aromatic carbocycles. The minimum atomic E-state index is -0.384. The van der Waals surface area contributed by atoms with E-state index in [2.05, 4.69) is 37.4 Å². The van der Waals surface area contributed by atoms with Gasteiger partial charge in [0.1, 0.15) is 11.9 Å². The first-order valence-electron chi connectivity index (χ1n) is 11.5. The number of esters is 2. The van der Waals surface area contributed by atoms with Gasteiger partial charge in [-0.2, -0.15) is 0 Å². The Bertz CT molecular complexity index is 967. The molecule has 3 aliphatic carbocycles. The van der Waals surface area contributed by atoms with Crippen molar-refractivity contribution < 1.29 is 19.1 Å². The molecule has 0 saturated heterocycles. The van der Waals surface area contributed by atoms with Crippen LogP contribution >= 0.6 is 0 Å². The van der Waals surface area contributed by atoms with E-state index < -0.39 is 0 Å². The molecule has 0 heterocycles. The van der Waals surface area contributed by atoms with Crippen molar-refractivity contribution in [2.24, 2.45) is 17.8 Å². The molecule has 4 heteroatoms. The number of rotatable bonds is 6. The summed E-state index contributed by atoms with van der Waals surface area (Å²) in [7, 11) is 0. The minimum absolute atomic E-state index is 0.175. The number of carbonyl (C=O) groups excluding carboxylic acids is 2. The monoisotopic (exact) mass is 432 g/mol. The Kier molecular flexibility index (Phi) is 6.50. The molecule has 1 aromatic rings. The lowest BCUT2D eigenvalue weighted by Crippen LogP contribution is -2.18. The van der Waals surface area contributed by atoms with Crippen LogP contribution in [0.3, 0.4) is 0 Å². The maximum absolute atomic E-state index is 11.7. The van der Waals surface area contributed by atoms with Crippen LogP contribution in [0.2, 0.25) is 0 Å². The predicted molar refractivity (Wildman–Crippen MR) is 125 cm³/mol. The van der Waals surface area contributed by atoms with Crippen molar-refractivity contribution >= 4 is 11.9 Å². The highest BCUT2D eigenvalue weighted by Gasteiger charge is 2.42. The number of fused-ring (bicyclic) bond motifs is 1. The lowest BCUT2D eigenvalue weighted by atomic mass is 9.87. The van der Waals surface area contributed by atoms with Gasteiger partial charge in [0.25, 0.3) is 0 Å². The van der Waals surface area contributed by atoms with E-state index in [1.54, 1.807) is 13.8 Å². The second-order valence-electron chi connectivity index (χ2n) is 9.62. The Morgan fingerprint density at radius 1 is 0.875 bits per heavy atom. The van der Waals surface area contributed by atoms with E-state index in [4.69, 9.17) is 9.47 Å². The first kappa shape index (κ1) is 22.3. The zero-order chi connectivity index (χ0) is 22.8. The van der Waals surface area contributed by atoms with E-state index in [1.165, 1.54) is 36.8 Å².